The molecule has 1 aromatic carbocycles. The van der Waals surface area contributed by atoms with Crippen molar-refractivity contribution in [2.75, 3.05) is 0 Å². The van der Waals surface area contributed by atoms with Gasteiger partial charge in [0.2, 0.25) is 5.91 Å². The molecule has 0 saturated heterocycles. The van der Waals surface area contributed by atoms with Crippen LogP contribution in [0.1, 0.15) is 16.8 Å². The molecule has 0 saturated carbocycles. The predicted molar refractivity (Wildman–Crippen MR) is 65.8 cm³/mol. The number of carboxylic acids is 1. The molecule has 106 valence electrons. The molecule has 0 aliphatic heterocycles. The average molecular weight is 281 g/mol. The van der Waals surface area contributed by atoms with Gasteiger partial charge in [-0.2, -0.15) is 0 Å². The number of rotatable bonds is 6. The normalized spacial score (nSPS) is 11.4. The van der Waals surface area contributed by atoms with Crippen molar-refractivity contribution < 1.29 is 24.4 Å². The zero-order valence-electron chi connectivity index (χ0n) is 10.1. The van der Waals surface area contributed by atoms with Crippen LogP contribution in [-0.2, 0) is 9.59 Å². The summed E-state index contributed by atoms with van der Waals surface area (Å²) < 4.78 is 0. The Balaban J connectivity index is 2.88. The Kier molecular flexibility index (Phi) is 4.73. The van der Waals surface area contributed by atoms with Crippen molar-refractivity contribution in [3.8, 4) is 0 Å². The van der Waals surface area contributed by atoms with Crippen LogP contribution in [0.3, 0.4) is 0 Å². The van der Waals surface area contributed by atoms with E-state index in [0.717, 1.165) is 6.07 Å². The molecule has 1 rings (SSSR count). The van der Waals surface area contributed by atoms with E-state index in [2.05, 4.69) is 5.32 Å². The molecule has 9 heteroatoms. The van der Waals surface area contributed by atoms with Crippen molar-refractivity contribution in [3.63, 3.8) is 0 Å². The van der Waals surface area contributed by atoms with Crippen LogP contribution in [0.4, 0.5) is 5.69 Å². The molecule has 4 N–H and O–H groups in total. The van der Waals surface area contributed by atoms with Gasteiger partial charge in [-0.05, 0) is 6.07 Å². The van der Waals surface area contributed by atoms with E-state index in [4.69, 9.17) is 10.8 Å². The highest BCUT2D eigenvalue weighted by Gasteiger charge is 2.23. The Hall–Kier alpha value is -2.97. The van der Waals surface area contributed by atoms with Crippen molar-refractivity contribution >= 4 is 23.5 Å². The molecule has 0 radical (unpaired) electrons. The third kappa shape index (κ3) is 4.05. The Morgan fingerprint density at radius 3 is 2.55 bits per heavy atom. The third-order valence-corrected chi connectivity index (χ3v) is 2.33. The third-order valence-electron chi connectivity index (χ3n) is 2.33. The summed E-state index contributed by atoms with van der Waals surface area (Å²) in [5, 5.41) is 21.5. The first kappa shape index (κ1) is 15.1. The lowest BCUT2D eigenvalue weighted by molar-refractivity contribution is -0.384. The largest absolute Gasteiger partial charge is 0.480 e. The number of hydrogen-bond acceptors (Lipinski definition) is 5. The highest BCUT2D eigenvalue weighted by molar-refractivity contribution is 5.98. The highest BCUT2D eigenvalue weighted by Crippen LogP contribution is 2.13. The maximum atomic E-state index is 11.8. The van der Waals surface area contributed by atoms with Crippen LogP contribution in [-0.4, -0.2) is 33.9 Å². The van der Waals surface area contributed by atoms with E-state index in [-0.39, 0.29) is 11.3 Å². The molecule has 20 heavy (non-hydrogen) atoms. The summed E-state index contributed by atoms with van der Waals surface area (Å²) in [5.74, 6) is -3.17. The number of hydrogen-bond donors (Lipinski definition) is 3. The summed E-state index contributed by atoms with van der Waals surface area (Å²) in [6.07, 6.45) is -0.573. The number of benzene rings is 1. The van der Waals surface area contributed by atoms with Gasteiger partial charge in [0, 0.05) is 17.7 Å². The van der Waals surface area contributed by atoms with Gasteiger partial charge >= 0.3 is 5.97 Å². The van der Waals surface area contributed by atoms with Crippen molar-refractivity contribution in [1.82, 2.24) is 5.32 Å². The number of carbonyl (C=O) groups is 3. The van der Waals surface area contributed by atoms with Gasteiger partial charge in [-0.15, -0.1) is 0 Å². The monoisotopic (exact) mass is 281 g/mol. The molecule has 0 spiro atoms. The Bertz CT molecular complexity index is 571. The van der Waals surface area contributed by atoms with E-state index in [9.17, 15) is 24.5 Å². The molecular weight excluding hydrogens is 270 g/mol. The summed E-state index contributed by atoms with van der Waals surface area (Å²) in [7, 11) is 0. The van der Waals surface area contributed by atoms with Gasteiger partial charge < -0.3 is 16.2 Å². The van der Waals surface area contributed by atoms with Crippen LogP contribution in [0.15, 0.2) is 24.3 Å². The number of amides is 2. The van der Waals surface area contributed by atoms with Crippen molar-refractivity contribution in [2.45, 2.75) is 12.5 Å². The summed E-state index contributed by atoms with van der Waals surface area (Å²) in [4.78, 5) is 43.2. The molecule has 0 fully saturated rings. The predicted octanol–water partition coefficient (Wildman–Crippen LogP) is -0.347. The van der Waals surface area contributed by atoms with Crippen molar-refractivity contribution in [2.24, 2.45) is 5.73 Å². The quantitative estimate of drug-likeness (QED) is 0.478. The minimum atomic E-state index is -1.49. The molecule has 0 heterocycles. The number of primary amides is 1. The smallest absolute Gasteiger partial charge is 0.326 e. The zero-order valence-corrected chi connectivity index (χ0v) is 10.1. The number of aliphatic carboxylic acids is 1. The Labute approximate surface area is 112 Å². The van der Waals surface area contributed by atoms with Gasteiger partial charge in [0.25, 0.3) is 11.6 Å². The van der Waals surface area contributed by atoms with Crippen LogP contribution in [0.5, 0.6) is 0 Å². The molecule has 0 aliphatic rings. The van der Waals surface area contributed by atoms with Gasteiger partial charge in [0.1, 0.15) is 6.04 Å². The fraction of sp³-hybridized carbons (Fsp3) is 0.182. The molecule has 1 atom stereocenters. The molecular formula is C11H11N3O6. The van der Waals surface area contributed by atoms with Gasteiger partial charge in [-0.25, -0.2) is 4.79 Å². The number of non-ortho nitro benzene ring substituents is 1. The number of nitro benzene ring substituents is 1. The molecule has 2 amide bonds. The maximum Gasteiger partial charge on any atom is 0.326 e. The van der Waals surface area contributed by atoms with E-state index in [1.807, 2.05) is 0 Å². The van der Waals surface area contributed by atoms with E-state index >= 15 is 0 Å². The Morgan fingerprint density at radius 2 is 2.05 bits per heavy atom. The minimum Gasteiger partial charge on any atom is -0.480 e. The van der Waals surface area contributed by atoms with Crippen LogP contribution in [0.2, 0.25) is 0 Å². The molecule has 0 bridgehead atoms. The number of nitrogens with zero attached hydrogens (tertiary/aromatic N) is 1. The molecule has 0 aromatic heterocycles. The number of nitro groups is 1. The van der Waals surface area contributed by atoms with Crippen LogP contribution in [0, 0.1) is 10.1 Å². The number of nitrogens with two attached hydrogens (primary N) is 1. The van der Waals surface area contributed by atoms with E-state index in [1.165, 1.54) is 18.2 Å². The lowest BCUT2D eigenvalue weighted by atomic mass is 10.1. The zero-order chi connectivity index (χ0) is 15.3. The first-order valence-corrected chi connectivity index (χ1v) is 5.37. The molecule has 0 unspecified atom stereocenters. The van der Waals surface area contributed by atoms with Gasteiger partial charge in [-0.3, -0.25) is 19.7 Å². The topological polar surface area (TPSA) is 153 Å². The van der Waals surface area contributed by atoms with Crippen LogP contribution in [0.25, 0.3) is 0 Å². The second kappa shape index (κ2) is 6.27. The SMILES string of the molecule is NC(=O)C[C@H](NC(=O)c1cccc([N+](=O)[O-])c1)C(=O)O. The van der Waals surface area contributed by atoms with E-state index < -0.39 is 35.2 Å². The van der Waals surface area contributed by atoms with Crippen LogP contribution >= 0.6 is 0 Å². The van der Waals surface area contributed by atoms with Crippen LogP contribution < -0.4 is 11.1 Å². The second-order valence-electron chi connectivity index (χ2n) is 3.84. The van der Waals surface area contributed by atoms with Gasteiger partial charge in [0.15, 0.2) is 0 Å². The highest BCUT2D eigenvalue weighted by atomic mass is 16.6. The minimum absolute atomic E-state index is 0.0880. The van der Waals surface area contributed by atoms with Crippen molar-refractivity contribution in [3.05, 3.63) is 39.9 Å². The summed E-state index contributed by atoms with van der Waals surface area (Å²) in [6.45, 7) is 0. The van der Waals surface area contributed by atoms with Crippen molar-refractivity contribution in [1.29, 1.82) is 0 Å². The number of carboxylic acid groups (broad SMARTS) is 1. The molecule has 1 aromatic rings. The fourth-order valence-corrected chi connectivity index (χ4v) is 1.40. The maximum absolute atomic E-state index is 11.8. The number of carbonyl (C=O) groups excluding carboxylic acids is 2. The molecule has 9 nitrogen and oxygen atoms in total. The lowest BCUT2D eigenvalue weighted by Gasteiger charge is -2.12. The van der Waals surface area contributed by atoms with E-state index in [1.54, 1.807) is 0 Å². The number of nitrogens with one attached hydrogen (secondary N) is 1. The average Bonchev–Trinajstić information content (AvgIpc) is 2.37. The summed E-state index contributed by atoms with van der Waals surface area (Å²) >= 11 is 0. The standard InChI is InChI=1S/C11H11N3O6/c12-9(15)5-8(11(17)18)13-10(16)6-2-1-3-7(4-6)14(19)20/h1-4,8H,5H2,(H2,12,15)(H,13,16)(H,17,18)/t8-/m0/s1. The van der Waals surface area contributed by atoms with E-state index in [0.29, 0.717) is 0 Å². The first-order valence-electron chi connectivity index (χ1n) is 5.37. The molecule has 0 aliphatic carbocycles. The lowest BCUT2D eigenvalue weighted by Crippen LogP contribution is -2.43. The fourth-order valence-electron chi connectivity index (χ4n) is 1.40. The van der Waals surface area contributed by atoms with Gasteiger partial charge in [0.05, 0.1) is 11.3 Å². The summed E-state index contributed by atoms with van der Waals surface area (Å²) in [5.41, 5.74) is 4.47. The Morgan fingerprint density at radius 1 is 1.40 bits per heavy atom. The van der Waals surface area contributed by atoms with Gasteiger partial charge in [-0.1, -0.05) is 6.07 Å². The first-order chi connectivity index (χ1) is 9.31. The summed E-state index contributed by atoms with van der Waals surface area (Å²) in [6, 6.07) is 3.27. The second-order valence-corrected chi connectivity index (χ2v) is 3.84.